The molecule has 0 bridgehead atoms. The molecule has 2 nitrogen and oxygen atoms in total. The summed E-state index contributed by atoms with van der Waals surface area (Å²) in [6.45, 7) is -0.372. The van der Waals surface area contributed by atoms with Gasteiger partial charge in [0.15, 0.2) is 11.6 Å². The zero-order chi connectivity index (χ0) is 13.1. The van der Waals surface area contributed by atoms with E-state index >= 15 is 0 Å². The van der Waals surface area contributed by atoms with Crippen molar-refractivity contribution in [1.29, 1.82) is 0 Å². The van der Waals surface area contributed by atoms with Gasteiger partial charge in [-0.3, -0.25) is 0 Å². The maximum Gasteiger partial charge on any atom is 0.168 e. The Morgan fingerprint density at radius 2 is 1.89 bits per heavy atom. The molecular formula is C13H9ClF2O2. The standard InChI is InChI=1S/C13H9ClF2O2/c14-10-5-4-9(6-12(10)16)18-13-8(7-17)2-1-3-11(13)15/h1-6,17H,7H2. The highest BCUT2D eigenvalue weighted by molar-refractivity contribution is 6.30. The zero-order valence-corrected chi connectivity index (χ0v) is 9.92. The summed E-state index contributed by atoms with van der Waals surface area (Å²) in [5, 5.41) is 9.03. The van der Waals surface area contributed by atoms with Crippen LogP contribution in [0.2, 0.25) is 5.02 Å². The van der Waals surface area contributed by atoms with Crippen LogP contribution in [-0.2, 0) is 6.61 Å². The fraction of sp³-hybridized carbons (Fsp3) is 0.0769. The van der Waals surface area contributed by atoms with Crippen LogP contribution in [0.25, 0.3) is 0 Å². The molecule has 0 amide bonds. The van der Waals surface area contributed by atoms with Crippen LogP contribution in [0.15, 0.2) is 36.4 Å². The molecule has 0 unspecified atom stereocenters. The minimum absolute atomic E-state index is 0.0433. The summed E-state index contributed by atoms with van der Waals surface area (Å²) in [6, 6.07) is 7.95. The second-order valence-corrected chi connectivity index (χ2v) is 3.97. The molecule has 0 spiro atoms. The van der Waals surface area contributed by atoms with Crippen LogP contribution < -0.4 is 4.74 Å². The van der Waals surface area contributed by atoms with Gasteiger partial charge in [0, 0.05) is 11.6 Å². The van der Waals surface area contributed by atoms with Gasteiger partial charge in [-0.25, -0.2) is 8.78 Å². The molecule has 0 radical (unpaired) electrons. The van der Waals surface area contributed by atoms with Crippen LogP contribution in [0.3, 0.4) is 0 Å². The number of hydrogen-bond acceptors (Lipinski definition) is 2. The van der Waals surface area contributed by atoms with Crippen molar-refractivity contribution in [3.8, 4) is 11.5 Å². The summed E-state index contributed by atoms with van der Waals surface area (Å²) < 4.78 is 32.0. The Balaban J connectivity index is 2.36. The van der Waals surface area contributed by atoms with Gasteiger partial charge in [-0.05, 0) is 18.2 Å². The molecule has 0 saturated carbocycles. The molecule has 0 aliphatic rings. The number of halogens is 3. The quantitative estimate of drug-likeness (QED) is 0.916. The van der Waals surface area contributed by atoms with Crippen LogP contribution in [0, 0.1) is 11.6 Å². The van der Waals surface area contributed by atoms with E-state index in [1.807, 2.05) is 0 Å². The molecule has 0 saturated heterocycles. The summed E-state index contributed by atoms with van der Waals surface area (Å²) in [5.74, 6) is -1.30. The van der Waals surface area contributed by atoms with Crippen molar-refractivity contribution in [2.45, 2.75) is 6.61 Å². The first-order valence-corrected chi connectivity index (χ1v) is 5.50. The summed E-state index contributed by atoms with van der Waals surface area (Å²) in [4.78, 5) is 0. The number of hydrogen-bond donors (Lipinski definition) is 1. The van der Waals surface area contributed by atoms with Gasteiger partial charge in [0.05, 0.1) is 11.6 Å². The second kappa shape index (κ2) is 5.33. The number of benzene rings is 2. The van der Waals surface area contributed by atoms with Gasteiger partial charge in [0.2, 0.25) is 0 Å². The number of ether oxygens (including phenoxy) is 1. The van der Waals surface area contributed by atoms with Gasteiger partial charge in [-0.1, -0.05) is 23.7 Å². The molecule has 1 N–H and O–H groups in total. The predicted molar refractivity (Wildman–Crippen MR) is 63.8 cm³/mol. The topological polar surface area (TPSA) is 29.5 Å². The van der Waals surface area contributed by atoms with Gasteiger partial charge < -0.3 is 9.84 Å². The Hall–Kier alpha value is -1.65. The van der Waals surface area contributed by atoms with Crippen molar-refractivity contribution in [2.24, 2.45) is 0 Å². The normalized spacial score (nSPS) is 10.4. The average molecular weight is 271 g/mol. The average Bonchev–Trinajstić information content (AvgIpc) is 2.36. The van der Waals surface area contributed by atoms with Gasteiger partial charge in [-0.2, -0.15) is 0 Å². The lowest BCUT2D eigenvalue weighted by Gasteiger charge is -2.10. The van der Waals surface area contributed by atoms with Crippen molar-refractivity contribution in [3.05, 3.63) is 58.6 Å². The van der Waals surface area contributed by atoms with E-state index in [0.29, 0.717) is 0 Å². The largest absolute Gasteiger partial charge is 0.454 e. The Morgan fingerprint density at radius 3 is 2.56 bits per heavy atom. The van der Waals surface area contributed by atoms with E-state index in [4.69, 9.17) is 21.4 Å². The van der Waals surface area contributed by atoms with Gasteiger partial charge >= 0.3 is 0 Å². The number of para-hydroxylation sites is 1. The van der Waals surface area contributed by atoms with Gasteiger partial charge in [-0.15, -0.1) is 0 Å². The number of aliphatic hydroxyl groups is 1. The Morgan fingerprint density at radius 1 is 1.11 bits per heavy atom. The molecule has 2 rings (SSSR count). The molecule has 18 heavy (non-hydrogen) atoms. The molecule has 0 aliphatic heterocycles. The molecular weight excluding hydrogens is 262 g/mol. The van der Waals surface area contributed by atoms with E-state index in [-0.39, 0.29) is 28.7 Å². The smallest absolute Gasteiger partial charge is 0.168 e. The van der Waals surface area contributed by atoms with Crippen LogP contribution in [0.5, 0.6) is 11.5 Å². The van der Waals surface area contributed by atoms with Crippen molar-refractivity contribution in [3.63, 3.8) is 0 Å². The SMILES string of the molecule is OCc1cccc(F)c1Oc1ccc(Cl)c(F)c1. The lowest BCUT2D eigenvalue weighted by atomic mass is 10.2. The first kappa shape index (κ1) is 12.8. The number of rotatable bonds is 3. The van der Waals surface area contributed by atoms with Gasteiger partial charge in [0.1, 0.15) is 11.6 Å². The van der Waals surface area contributed by atoms with E-state index < -0.39 is 11.6 Å². The van der Waals surface area contributed by atoms with E-state index in [2.05, 4.69) is 0 Å². The Kier molecular flexibility index (Phi) is 3.79. The van der Waals surface area contributed by atoms with Crippen molar-refractivity contribution >= 4 is 11.6 Å². The van der Waals surface area contributed by atoms with Crippen LogP contribution in [0.4, 0.5) is 8.78 Å². The molecule has 2 aromatic rings. The maximum atomic E-state index is 13.5. The third kappa shape index (κ3) is 2.60. The molecule has 0 fully saturated rings. The third-order valence-electron chi connectivity index (χ3n) is 2.33. The highest BCUT2D eigenvalue weighted by Gasteiger charge is 2.11. The van der Waals surface area contributed by atoms with Crippen molar-refractivity contribution < 1.29 is 18.6 Å². The molecule has 0 atom stereocenters. The molecule has 5 heteroatoms. The van der Waals surface area contributed by atoms with Gasteiger partial charge in [0.25, 0.3) is 0 Å². The van der Waals surface area contributed by atoms with Crippen LogP contribution in [0.1, 0.15) is 5.56 Å². The predicted octanol–water partition coefficient (Wildman–Crippen LogP) is 3.90. The fourth-order valence-corrected chi connectivity index (χ4v) is 1.57. The van der Waals surface area contributed by atoms with E-state index in [0.717, 1.165) is 6.07 Å². The maximum absolute atomic E-state index is 13.5. The molecule has 2 aromatic carbocycles. The fourth-order valence-electron chi connectivity index (χ4n) is 1.45. The zero-order valence-electron chi connectivity index (χ0n) is 9.16. The van der Waals surface area contributed by atoms with Crippen LogP contribution in [-0.4, -0.2) is 5.11 Å². The highest BCUT2D eigenvalue weighted by Crippen LogP contribution is 2.30. The Bertz CT molecular complexity index is 573. The van der Waals surface area contributed by atoms with E-state index in [1.165, 1.54) is 30.3 Å². The minimum Gasteiger partial charge on any atom is -0.454 e. The number of aliphatic hydroxyl groups excluding tert-OH is 1. The third-order valence-corrected chi connectivity index (χ3v) is 2.64. The van der Waals surface area contributed by atoms with E-state index in [1.54, 1.807) is 0 Å². The van der Waals surface area contributed by atoms with Crippen LogP contribution >= 0.6 is 11.6 Å². The van der Waals surface area contributed by atoms with E-state index in [9.17, 15) is 8.78 Å². The summed E-state index contributed by atoms with van der Waals surface area (Å²) in [5.41, 5.74) is 0.283. The Labute approximate surface area is 107 Å². The minimum atomic E-state index is -0.656. The summed E-state index contributed by atoms with van der Waals surface area (Å²) in [7, 11) is 0. The first-order valence-electron chi connectivity index (χ1n) is 5.13. The summed E-state index contributed by atoms with van der Waals surface area (Å²) in [6.07, 6.45) is 0. The van der Waals surface area contributed by atoms with Crippen molar-refractivity contribution in [1.82, 2.24) is 0 Å². The molecule has 94 valence electrons. The summed E-state index contributed by atoms with van der Waals surface area (Å²) >= 11 is 5.53. The lowest BCUT2D eigenvalue weighted by Crippen LogP contribution is -1.95. The molecule has 0 aliphatic carbocycles. The van der Waals surface area contributed by atoms with Crippen molar-refractivity contribution in [2.75, 3.05) is 0 Å². The monoisotopic (exact) mass is 270 g/mol. The highest BCUT2D eigenvalue weighted by atomic mass is 35.5. The second-order valence-electron chi connectivity index (χ2n) is 3.56. The lowest BCUT2D eigenvalue weighted by molar-refractivity contribution is 0.274. The molecule has 0 aromatic heterocycles. The first-order chi connectivity index (χ1) is 8.61. The molecule has 0 heterocycles.